The van der Waals surface area contributed by atoms with Crippen molar-refractivity contribution in [3.05, 3.63) is 12.7 Å². The fraction of sp³-hybridized carbons (Fsp3) is 0.926. The Bertz CT molecular complexity index is 659. The molecule has 0 aromatic carbocycles. The first kappa shape index (κ1) is 18.7. The van der Waals surface area contributed by atoms with E-state index in [1.165, 1.54) is 38.5 Å². The van der Waals surface area contributed by atoms with Crippen molar-refractivity contribution in [1.29, 1.82) is 0 Å². The Hall–Kier alpha value is -0.260. The highest BCUT2D eigenvalue weighted by molar-refractivity contribution is 5.30. The monoisotopic (exact) mass is 368 g/mol. The summed E-state index contributed by atoms with van der Waals surface area (Å²) in [6.45, 7) is 19.9. The normalized spacial score (nSPS) is 59.0. The Morgan fingerprint density at radius 2 is 1.48 bits per heavy atom. The summed E-state index contributed by atoms with van der Waals surface area (Å²) < 4.78 is 0. The third kappa shape index (κ3) is 1.88. The van der Waals surface area contributed by atoms with E-state index in [0.717, 1.165) is 34.5 Å². The topological polar surface area (TPSA) is 0 Å². The van der Waals surface area contributed by atoms with E-state index in [9.17, 15) is 0 Å². The number of hydrogen-bond donors (Lipinski definition) is 0. The second-order valence-corrected chi connectivity index (χ2v) is 13.0. The number of hydrogen-bond acceptors (Lipinski definition) is 0. The van der Waals surface area contributed by atoms with Crippen molar-refractivity contribution in [3.8, 4) is 0 Å². The minimum atomic E-state index is 0.546. The van der Waals surface area contributed by atoms with Gasteiger partial charge in [0.05, 0.1) is 0 Å². The van der Waals surface area contributed by atoms with Crippen molar-refractivity contribution in [3.63, 3.8) is 0 Å². The van der Waals surface area contributed by atoms with E-state index in [4.69, 9.17) is 0 Å². The lowest BCUT2D eigenvalue weighted by Gasteiger charge is -2.63. The van der Waals surface area contributed by atoms with Crippen molar-refractivity contribution in [1.82, 2.24) is 0 Å². The van der Waals surface area contributed by atoms with Gasteiger partial charge in [-0.1, -0.05) is 47.6 Å². The molecule has 0 amide bonds. The molecule has 0 bridgehead atoms. The Kier molecular flexibility index (Phi) is 3.65. The molecule has 152 valence electrons. The zero-order valence-electron chi connectivity index (χ0n) is 19.0. The van der Waals surface area contributed by atoms with Crippen molar-refractivity contribution < 1.29 is 0 Å². The van der Waals surface area contributed by atoms with Crippen molar-refractivity contribution in [2.45, 2.75) is 99.3 Å². The fourth-order valence-corrected chi connectivity index (χ4v) is 10.6. The predicted molar refractivity (Wildman–Crippen MR) is 115 cm³/mol. The van der Waals surface area contributed by atoms with Gasteiger partial charge in [-0.3, -0.25) is 0 Å². The van der Waals surface area contributed by atoms with E-state index >= 15 is 0 Å². The second kappa shape index (κ2) is 5.26. The zero-order chi connectivity index (χ0) is 19.5. The highest BCUT2D eigenvalue weighted by Crippen LogP contribution is 2.89. The molecule has 5 aliphatic rings. The van der Waals surface area contributed by atoms with Gasteiger partial charge in [-0.2, -0.15) is 0 Å². The standard InChI is InChI=1S/C27H44/c1-8-18(2)20-12-13-25(7)22-10-9-21-23(4,5)19(3)11-14-26(21)17-27(22,26)16-15-24(20,25)6/h8,18-22H,1,9-17H2,2-7H3/t18-,19+,20?,21?,22?,24-,25+,26-,27?/m1/s1. The highest BCUT2D eigenvalue weighted by Gasteiger charge is 2.81. The first-order valence-electron chi connectivity index (χ1n) is 12.2. The maximum absolute atomic E-state index is 4.18. The van der Waals surface area contributed by atoms with E-state index in [1.807, 2.05) is 0 Å². The molecular formula is C27H44. The van der Waals surface area contributed by atoms with Crippen LogP contribution < -0.4 is 0 Å². The predicted octanol–water partition coefficient (Wildman–Crippen LogP) is 7.88. The summed E-state index contributed by atoms with van der Waals surface area (Å²) >= 11 is 0. The van der Waals surface area contributed by atoms with Gasteiger partial charge in [-0.25, -0.2) is 0 Å². The molecule has 0 heterocycles. The van der Waals surface area contributed by atoms with Gasteiger partial charge in [0, 0.05) is 0 Å². The van der Waals surface area contributed by atoms with Gasteiger partial charge in [0.2, 0.25) is 0 Å². The van der Waals surface area contributed by atoms with Crippen LogP contribution in [0.3, 0.4) is 0 Å². The molecule has 2 spiro atoms. The minimum absolute atomic E-state index is 0.546. The first-order chi connectivity index (χ1) is 12.6. The second-order valence-electron chi connectivity index (χ2n) is 13.0. The Labute approximate surface area is 169 Å². The van der Waals surface area contributed by atoms with Crippen molar-refractivity contribution in [2.24, 2.45) is 56.7 Å². The van der Waals surface area contributed by atoms with E-state index in [-0.39, 0.29) is 0 Å². The molecule has 5 fully saturated rings. The van der Waals surface area contributed by atoms with E-state index in [0.29, 0.717) is 22.2 Å². The van der Waals surface area contributed by atoms with Gasteiger partial charge in [-0.15, -0.1) is 6.58 Å². The van der Waals surface area contributed by atoms with Crippen LogP contribution in [0.1, 0.15) is 99.3 Å². The van der Waals surface area contributed by atoms with Crippen molar-refractivity contribution >= 4 is 0 Å². The molecule has 0 nitrogen and oxygen atoms in total. The van der Waals surface area contributed by atoms with E-state index in [1.54, 1.807) is 19.3 Å². The van der Waals surface area contributed by atoms with Crippen LogP contribution >= 0.6 is 0 Å². The van der Waals surface area contributed by atoms with Crippen LogP contribution in [0.4, 0.5) is 0 Å². The first-order valence-corrected chi connectivity index (χ1v) is 12.2. The van der Waals surface area contributed by atoms with Crippen LogP contribution in [-0.2, 0) is 0 Å². The summed E-state index contributed by atoms with van der Waals surface area (Å²) in [5.74, 6) is 4.47. The van der Waals surface area contributed by atoms with E-state index < -0.39 is 0 Å². The minimum Gasteiger partial charge on any atom is -0.103 e. The molecule has 0 heteroatoms. The fourth-order valence-electron chi connectivity index (χ4n) is 10.6. The molecule has 4 unspecified atom stereocenters. The van der Waals surface area contributed by atoms with E-state index in [2.05, 4.69) is 54.2 Å². The van der Waals surface area contributed by atoms with Crippen LogP contribution in [0, 0.1) is 56.7 Å². The summed E-state index contributed by atoms with van der Waals surface area (Å²) in [4.78, 5) is 0. The van der Waals surface area contributed by atoms with Crippen LogP contribution in [0.15, 0.2) is 12.7 Å². The Morgan fingerprint density at radius 1 is 0.815 bits per heavy atom. The molecule has 27 heavy (non-hydrogen) atoms. The van der Waals surface area contributed by atoms with Crippen LogP contribution in [0.25, 0.3) is 0 Å². The van der Waals surface area contributed by atoms with Crippen molar-refractivity contribution in [2.75, 3.05) is 0 Å². The van der Waals surface area contributed by atoms with Gasteiger partial charge in [0.15, 0.2) is 0 Å². The zero-order valence-corrected chi connectivity index (χ0v) is 19.0. The summed E-state index contributed by atoms with van der Waals surface area (Å²) in [7, 11) is 0. The van der Waals surface area contributed by atoms with Gasteiger partial charge in [0.1, 0.15) is 0 Å². The lowest BCUT2D eigenvalue weighted by molar-refractivity contribution is -0.148. The number of allylic oxidation sites excluding steroid dienone is 1. The van der Waals surface area contributed by atoms with Gasteiger partial charge in [0.25, 0.3) is 0 Å². The SMILES string of the molecule is C=C[C@@H](C)C1CC[C@@]2(C)C3CCC4C(C)(C)[C@@H](C)CC[C@@]45CC35CC[C@]12C. The lowest BCUT2D eigenvalue weighted by Crippen LogP contribution is -2.56. The quantitative estimate of drug-likeness (QED) is 0.435. The summed E-state index contributed by atoms with van der Waals surface area (Å²) in [6, 6.07) is 0. The molecular weight excluding hydrogens is 324 g/mol. The third-order valence-corrected chi connectivity index (χ3v) is 12.7. The van der Waals surface area contributed by atoms with Gasteiger partial charge in [-0.05, 0) is 114 Å². The Morgan fingerprint density at radius 3 is 2.19 bits per heavy atom. The summed E-state index contributed by atoms with van der Waals surface area (Å²) in [5.41, 5.74) is 3.15. The van der Waals surface area contributed by atoms with Crippen LogP contribution in [0.2, 0.25) is 0 Å². The molecule has 0 aliphatic heterocycles. The van der Waals surface area contributed by atoms with Crippen LogP contribution in [0.5, 0.6) is 0 Å². The molecule has 5 saturated carbocycles. The molecule has 0 radical (unpaired) electrons. The molecule has 5 rings (SSSR count). The smallest absolute Gasteiger partial charge is 0.0198 e. The average molecular weight is 369 g/mol. The molecule has 0 aromatic rings. The maximum Gasteiger partial charge on any atom is -0.0198 e. The average Bonchev–Trinajstić information content (AvgIpc) is 3.21. The summed E-state index contributed by atoms with van der Waals surface area (Å²) in [6.07, 6.45) is 15.9. The lowest BCUT2D eigenvalue weighted by atomic mass is 9.41. The third-order valence-electron chi connectivity index (χ3n) is 12.7. The Balaban J connectivity index is 1.52. The van der Waals surface area contributed by atoms with Gasteiger partial charge >= 0.3 is 0 Å². The van der Waals surface area contributed by atoms with Crippen LogP contribution in [-0.4, -0.2) is 0 Å². The molecule has 0 aromatic heterocycles. The molecule has 5 aliphatic carbocycles. The maximum atomic E-state index is 4.18. The molecule has 0 N–H and O–H groups in total. The number of fused-ring (bicyclic) bond motifs is 2. The van der Waals surface area contributed by atoms with Gasteiger partial charge < -0.3 is 0 Å². The number of rotatable bonds is 2. The summed E-state index contributed by atoms with van der Waals surface area (Å²) in [5, 5.41) is 0. The highest BCUT2D eigenvalue weighted by atomic mass is 14.9. The molecule has 0 saturated heterocycles. The largest absolute Gasteiger partial charge is 0.103 e. The molecule has 9 atom stereocenters.